The van der Waals surface area contributed by atoms with Crippen LogP contribution in [0.5, 0.6) is 0 Å². The fourth-order valence-corrected chi connectivity index (χ4v) is 3.07. The van der Waals surface area contributed by atoms with Crippen LogP contribution >= 0.6 is 0 Å². The molecule has 0 aromatic carbocycles. The van der Waals surface area contributed by atoms with Gasteiger partial charge in [0.2, 0.25) is 4.29 Å². The van der Waals surface area contributed by atoms with E-state index < -0.39 is 6.10 Å². The van der Waals surface area contributed by atoms with E-state index in [1.807, 2.05) is 13.0 Å². The summed E-state index contributed by atoms with van der Waals surface area (Å²) in [5.74, 6) is -0.259. The molecule has 3 N–H and O–H groups in total. The molecule has 6 atom stereocenters. The molecule has 0 aromatic heterocycles. The van der Waals surface area contributed by atoms with Gasteiger partial charge in [0.05, 0.1) is 24.7 Å². The minimum Gasteiger partial charge on any atom is -0.462 e. The Kier molecular flexibility index (Phi) is 3.92. The Hall–Kier alpha value is -0.910. The molecule has 2 fully saturated rings. The van der Waals surface area contributed by atoms with Gasteiger partial charge < -0.3 is 20.1 Å². The van der Waals surface area contributed by atoms with E-state index in [0.717, 1.165) is 6.42 Å². The third kappa shape index (κ3) is 3.59. The number of carbonyl (C=O) groups is 1. The van der Waals surface area contributed by atoms with Crippen LogP contribution in [-0.2, 0) is 9.53 Å². The first-order chi connectivity index (χ1) is 11.1. The molecule has 1 saturated heterocycles. The van der Waals surface area contributed by atoms with Gasteiger partial charge in [0, 0.05) is 18.3 Å². The number of hydrogen-bond acceptors (Lipinski definition) is 5. The van der Waals surface area contributed by atoms with Gasteiger partial charge in [0.25, 0.3) is 0 Å². The van der Waals surface area contributed by atoms with Crippen LogP contribution in [-0.4, -0.2) is 50.0 Å². The molecule has 4 unspecified atom stereocenters. The highest BCUT2D eigenvalue weighted by Crippen LogP contribution is 2.42. The van der Waals surface area contributed by atoms with Gasteiger partial charge in [0.15, 0.2) is 0 Å². The van der Waals surface area contributed by atoms with Gasteiger partial charge in [-0.2, -0.15) is 0 Å². The number of rotatable bonds is 9. The van der Waals surface area contributed by atoms with Gasteiger partial charge in [-0.1, -0.05) is 19.1 Å². The number of esters is 1. The fraction of sp³-hybridized carbons (Fsp3) is 0.800. The monoisotopic (exact) mass is 290 g/mol. The molecule has 0 spiro atoms. The predicted molar refractivity (Wildman–Crippen MR) is 72.8 cm³/mol. The zero-order valence-corrected chi connectivity index (χ0v) is 11.7. The van der Waals surface area contributed by atoms with Crippen molar-refractivity contribution in [1.82, 2.24) is 0 Å². The Morgan fingerprint density at radius 3 is 3.10 bits per heavy atom. The Morgan fingerprint density at radius 2 is 2.40 bits per heavy atom. The summed E-state index contributed by atoms with van der Waals surface area (Å²) >= 11 is 0. The van der Waals surface area contributed by atoms with Crippen molar-refractivity contribution < 1.29 is 24.9 Å². The lowest BCUT2D eigenvalue weighted by Gasteiger charge is -2.16. The third-order valence-electron chi connectivity index (χ3n) is 4.33. The lowest BCUT2D eigenvalue weighted by molar-refractivity contribution is -0.141. The van der Waals surface area contributed by atoms with Crippen molar-refractivity contribution in [2.24, 2.45) is 11.8 Å². The smallest absolute Gasteiger partial charge is 0.306 e. The summed E-state index contributed by atoms with van der Waals surface area (Å²) in [5, 5.41) is 14.1. The SMILES string of the molecule is [3H]OC(/C=C/C1C2CC(=O)O[C@H]2C[C@@H]1O[3H])CCC(CC)O[3H]. The molecule has 1 saturated carbocycles. The van der Waals surface area contributed by atoms with Gasteiger partial charge in [-0.05, 0) is 19.3 Å². The minimum atomic E-state index is -0.414. The molecule has 114 valence electrons. The first-order valence-corrected chi connectivity index (χ1v) is 7.36. The topological polar surface area (TPSA) is 87.0 Å². The molecule has 0 bridgehead atoms. The lowest BCUT2D eigenvalue weighted by Crippen LogP contribution is -2.18. The molecule has 0 radical (unpaired) electrons. The van der Waals surface area contributed by atoms with Crippen LogP contribution < -0.4 is 0 Å². The van der Waals surface area contributed by atoms with E-state index in [2.05, 4.69) is 5.11 Å². The highest BCUT2D eigenvalue weighted by atomic mass is 16.6. The molecule has 1 aliphatic carbocycles. The number of aliphatic hydroxyl groups excluding tert-OH is 3. The van der Waals surface area contributed by atoms with E-state index in [0.29, 0.717) is 25.7 Å². The zero-order valence-electron chi connectivity index (χ0n) is 14.7. The van der Waals surface area contributed by atoms with E-state index >= 15 is 0 Å². The summed E-state index contributed by atoms with van der Waals surface area (Å²) in [6.07, 6.45) is 5.42. The van der Waals surface area contributed by atoms with Crippen LogP contribution in [0.15, 0.2) is 12.2 Å². The average Bonchev–Trinajstić information content (AvgIpc) is 3.07. The largest absolute Gasteiger partial charge is 0.462 e. The van der Waals surface area contributed by atoms with Gasteiger partial charge in [-0.15, -0.1) is 0 Å². The van der Waals surface area contributed by atoms with E-state index in [-0.39, 0.29) is 36.1 Å². The van der Waals surface area contributed by atoms with Crippen molar-refractivity contribution in [3.63, 3.8) is 0 Å². The normalized spacial score (nSPS) is 38.0. The van der Waals surface area contributed by atoms with Crippen LogP contribution in [0.2, 0.25) is 0 Å². The quantitative estimate of drug-likeness (QED) is 0.431. The molecule has 1 aliphatic heterocycles. The maximum Gasteiger partial charge on any atom is 0.306 e. The summed E-state index contributed by atoms with van der Waals surface area (Å²) in [6.45, 7) is 1.94. The average molecular weight is 290 g/mol. The number of aliphatic hydroxyl groups is 3. The van der Waals surface area contributed by atoms with E-state index in [4.69, 9.17) is 19.2 Å². The molecule has 5 heteroatoms. The molecular formula is C15H24O5. The number of fused-ring (bicyclic) bond motifs is 1. The molecule has 0 aromatic rings. The van der Waals surface area contributed by atoms with Crippen molar-refractivity contribution in [2.75, 3.05) is 0 Å². The van der Waals surface area contributed by atoms with Gasteiger partial charge in [0.1, 0.15) is 6.10 Å². The molecule has 0 amide bonds. The van der Waals surface area contributed by atoms with Crippen molar-refractivity contribution in [3.05, 3.63) is 12.2 Å². The highest BCUT2D eigenvalue weighted by Gasteiger charge is 2.48. The Labute approximate surface area is 123 Å². The van der Waals surface area contributed by atoms with Gasteiger partial charge in [-0.25, -0.2) is 0 Å². The maximum atomic E-state index is 11.4. The van der Waals surface area contributed by atoms with Crippen molar-refractivity contribution in [2.45, 2.75) is 63.4 Å². The molecule has 2 rings (SSSR count). The Bertz CT molecular complexity index is 416. The van der Waals surface area contributed by atoms with Crippen LogP contribution in [0.1, 0.15) is 39.0 Å². The van der Waals surface area contributed by atoms with Crippen LogP contribution in [0.3, 0.4) is 0 Å². The second kappa shape index (κ2) is 6.70. The second-order valence-corrected chi connectivity index (χ2v) is 5.78. The number of ether oxygens (including phenoxy) is 1. The molecular weight excluding hydrogens is 260 g/mol. The highest BCUT2D eigenvalue weighted by molar-refractivity contribution is 5.72. The maximum absolute atomic E-state index is 11.4. The standard InChI is InChI=1S/C15H24O5/c1-2-9(16)3-4-10(17)5-6-11-12-7-15(19)20-14(12)8-13(11)18/h5-6,9-14,16-18H,2-4,7-8H2,1H3/b6-5+/t9?,10?,11?,12?,13-,14-/m0/s1/i16T,17T,18T. The van der Waals surface area contributed by atoms with Gasteiger partial charge in [-0.3, -0.25) is 4.79 Å². The Balaban J connectivity index is 1.93. The summed E-state index contributed by atoms with van der Waals surface area (Å²) in [6, 6.07) is 0. The minimum absolute atomic E-state index is 0.0282. The second-order valence-electron chi connectivity index (χ2n) is 5.78. The first kappa shape index (κ1) is 11.7. The van der Waals surface area contributed by atoms with Crippen molar-refractivity contribution in [1.29, 1.82) is 4.29 Å². The Morgan fingerprint density at radius 1 is 1.50 bits per heavy atom. The van der Waals surface area contributed by atoms with Crippen LogP contribution in [0.4, 0.5) is 0 Å². The summed E-state index contributed by atoms with van der Waals surface area (Å²) in [7, 11) is 0. The van der Waals surface area contributed by atoms with E-state index in [1.54, 1.807) is 6.08 Å². The zero-order chi connectivity index (χ0) is 16.8. The van der Waals surface area contributed by atoms with Crippen LogP contribution in [0, 0.1) is 11.8 Å². The molecule has 2 aliphatic rings. The van der Waals surface area contributed by atoms with Gasteiger partial charge >= 0.3 is 5.97 Å². The van der Waals surface area contributed by atoms with E-state index in [9.17, 15) is 4.79 Å². The summed E-state index contributed by atoms with van der Waals surface area (Å²) < 4.78 is 26.6. The number of carbonyl (C=O) groups excluding carboxylic acids is 1. The van der Waals surface area contributed by atoms with Crippen molar-refractivity contribution >= 4 is 5.97 Å². The summed E-state index contributed by atoms with van der Waals surface area (Å²) in [4.78, 5) is 11.4. The first-order valence-electron chi connectivity index (χ1n) is 8.59. The molecule has 1 heterocycles. The predicted octanol–water partition coefficient (Wildman–Crippen LogP) is 0.767. The van der Waals surface area contributed by atoms with Crippen molar-refractivity contribution in [3.8, 4) is 0 Å². The molecule has 5 nitrogen and oxygen atoms in total. The third-order valence-corrected chi connectivity index (χ3v) is 4.33. The number of hydrogen-bond donors (Lipinski definition) is 3. The molecule has 20 heavy (non-hydrogen) atoms. The van der Waals surface area contributed by atoms with E-state index in [1.165, 1.54) is 0 Å². The van der Waals surface area contributed by atoms with Crippen LogP contribution in [0.25, 0.3) is 0 Å². The summed E-state index contributed by atoms with van der Waals surface area (Å²) in [5.41, 5.74) is 0. The lowest BCUT2D eigenvalue weighted by atomic mass is 9.91. The fourth-order valence-electron chi connectivity index (χ4n) is 3.07.